The zero-order valence-corrected chi connectivity index (χ0v) is 20.7. The molecule has 37 heavy (non-hydrogen) atoms. The molecule has 2 heterocycles. The number of hydrogen-bond acceptors (Lipinski definition) is 11. The second-order valence-electron chi connectivity index (χ2n) is 7.93. The van der Waals surface area contributed by atoms with E-state index in [2.05, 4.69) is 20.3 Å². The number of aliphatic hydroxyl groups is 1. The average Bonchev–Trinajstić information content (AvgIpc) is 2.95. The maximum Gasteiger partial charge on any atom is 0.328 e. The number of allylic oxidation sites excluding steroid dienone is 1. The van der Waals surface area contributed by atoms with Gasteiger partial charge in [-0.25, -0.2) is 0 Å². The summed E-state index contributed by atoms with van der Waals surface area (Å²) in [5.74, 6) is 2.13. The number of aromatic nitrogens is 3. The van der Waals surface area contributed by atoms with Gasteiger partial charge in [-0.15, -0.1) is 0 Å². The molecule has 11 nitrogen and oxygen atoms in total. The monoisotopic (exact) mass is 507 g/mol. The molecule has 0 saturated carbocycles. The summed E-state index contributed by atoms with van der Waals surface area (Å²) < 4.78 is 22.0. The second-order valence-corrected chi connectivity index (χ2v) is 7.93. The molecule has 1 aliphatic rings. The predicted molar refractivity (Wildman–Crippen MR) is 138 cm³/mol. The van der Waals surface area contributed by atoms with E-state index in [1.807, 2.05) is 4.90 Å². The molecular weight excluding hydrogens is 478 g/mol. The molecule has 1 aromatic heterocycles. The van der Waals surface area contributed by atoms with Crippen LogP contribution in [-0.2, 0) is 4.74 Å². The third kappa shape index (κ3) is 6.93. The Kier molecular flexibility index (Phi) is 8.84. The molecule has 4 rings (SSSR count). The third-order valence-electron chi connectivity index (χ3n) is 5.48. The fraction of sp³-hybridized carbons (Fsp3) is 0.308. The van der Waals surface area contributed by atoms with Gasteiger partial charge in [-0.2, -0.15) is 15.0 Å². The van der Waals surface area contributed by atoms with Crippen molar-refractivity contribution in [3.8, 4) is 23.3 Å². The van der Waals surface area contributed by atoms with E-state index in [-0.39, 0.29) is 30.9 Å². The van der Waals surface area contributed by atoms with Crippen molar-refractivity contribution >= 4 is 23.8 Å². The SMILES string of the molecule is COc1ccc(C(=O)/C=C/c2ccc(Oc3nc(NCCO)nc(N4CCOCC4)n3)c(OC)c2)cc1. The Morgan fingerprint density at radius 1 is 1.05 bits per heavy atom. The summed E-state index contributed by atoms with van der Waals surface area (Å²) >= 11 is 0. The average molecular weight is 508 g/mol. The van der Waals surface area contributed by atoms with Crippen molar-refractivity contribution in [1.29, 1.82) is 0 Å². The van der Waals surface area contributed by atoms with Crippen LogP contribution in [-0.4, -0.2) is 79.5 Å². The lowest BCUT2D eigenvalue weighted by atomic mass is 10.1. The highest BCUT2D eigenvalue weighted by Crippen LogP contribution is 2.32. The van der Waals surface area contributed by atoms with Crippen molar-refractivity contribution in [2.75, 3.05) is 63.9 Å². The summed E-state index contributed by atoms with van der Waals surface area (Å²) in [5, 5.41) is 12.1. The number of benzene rings is 2. The normalized spacial score (nSPS) is 13.4. The lowest BCUT2D eigenvalue weighted by molar-refractivity contribution is 0.104. The number of hydrogen-bond donors (Lipinski definition) is 2. The minimum atomic E-state index is -0.134. The van der Waals surface area contributed by atoms with Gasteiger partial charge in [0.05, 0.1) is 34.0 Å². The van der Waals surface area contributed by atoms with Gasteiger partial charge in [0.1, 0.15) is 5.75 Å². The number of morpholine rings is 1. The van der Waals surface area contributed by atoms with Gasteiger partial charge in [0.2, 0.25) is 11.9 Å². The Hall–Kier alpha value is -4.22. The van der Waals surface area contributed by atoms with Crippen LogP contribution in [0.1, 0.15) is 15.9 Å². The molecular formula is C26H29N5O6. The van der Waals surface area contributed by atoms with Crippen molar-refractivity contribution in [1.82, 2.24) is 15.0 Å². The molecule has 1 fully saturated rings. The quantitative estimate of drug-likeness (QED) is 0.294. The van der Waals surface area contributed by atoms with Crippen LogP contribution in [0, 0.1) is 0 Å². The third-order valence-corrected chi connectivity index (χ3v) is 5.48. The van der Waals surface area contributed by atoms with E-state index >= 15 is 0 Å². The zero-order valence-electron chi connectivity index (χ0n) is 20.7. The summed E-state index contributed by atoms with van der Waals surface area (Å²) in [4.78, 5) is 27.7. The number of nitrogens with one attached hydrogen (secondary N) is 1. The molecule has 0 radical (unpaired) electrons. The molecule has 11 heteroatoms. The van der Waals surface area contributed by atoms with Crippen molar-refractivity contribution < 1.29 is 28.8 Å². The molecule has 1 saturated heterocycles. The van der Waals surface area contributed by atoms with Crippen LogP contribution in [0.4, 0.5) is 11.9 Å². The highest BCUT2D eigenvalue weighted by molar-refractivity contribution is 6.06. The van der Waals surface area contributed by atoms with Gasteiger partial charge in [-0.1, -0.05) is 12.1 Å². The first kappa shape index (κ1) is 25.9. The fourth-order valence-corrected chi connectivity index (χ4v) is 3.54. The predicted octanol–water partition coefficient (Wildman–Crippen LogP) is 2.82. The van der Waals surface area contributed by atoms with Gasteiger partial charge in [0.25, 0.3) is 0 Å². The minimum Gasteiger partial charge on any atom is -0.497 e. The van der Waals surface area contributed by atoms with Crippen molar-refractivity contribution in [3.63, 3.8) is 0 Å². The van der Waals surface area contributed by atoms with Crippen molar-refractivity contribution in [2.45, 2.75) is 0 Å². The number of methoxy groups -OCH3 is 2. The number of aliphatic hydroxyl groups excluding tert-OH is 1. The van der Waals surface area contributed by atoms with E-state index < -0.39 is 0 Å². The number of anilines is 2. The Morgan fingerprint density at radius 3 is 2.54 bits per heavy atom. The number of nitrogens with zero attached hydrogens (tertiary/aromatic N) is 4. The smallest absolute Gasteiger partial charge is 0.328 e. The van der Waals surface area contributed by atoms with Crippen LogP contribution in [0.2, 0.25) is 0 Å². The zero-order chi connectivity index (χ0) is 26.0. The fourth-order valence-electron chi connectivity index (χ4n) is 3.54. The number of rotatable bonds is 11. The van der Waals surface area contributed by atoms with E-state index in [9.17, 15) is 4.79 Å². The Morgan fingerprint density at radius 2 is 1.84 bits per heavy atom. The van der Waals surface area contributed by atoms with Crippen LogP contribution in [0.25, 0.3) is 6.08 Å². The molecule has 0 unspecified atom stereocenters. The van der Waals surface area contributed by atoms with E-state index in [0.29, 0.717) is 55.1 Å². The standard InChI is InChI=1S/C26H29N5O6/c1-34-20-7-5-19(6-8-20)21(33)9-3-18-4-10-22(23(17-18)35-2)37-26-29-24(27-11-14-32)28-25(30-26)31-12-15-36-16-13-31/h3-10,17,32H,11-16H2,1-2H3,(H,27,28,29,30)/b9-3+. The molecule has 1 aliphatic heterocycles. The molecule has 194 valence electrons. The van der Waals surface area contributed by atoms with Crippen LogP contribution >= 0.6 is 0 Å². The maximum absolute atomic E-state index is 12.5. The summed E-state index contributed by atoms with van der Waals surface area (Å²) in [6.07, 6.45) is 3.20. The molecule has 0 aliphatic carbocycles. The summed E-state index contributed by atoms with van der Waals surface area (Å²) in [6.45, 7) is 2.64. The largest absolute Gasteiger partial charge is 0.497 e. The highest BCUT2D eigenvalue weighted by atomic mass is 16.5. The highest BCUT2D eigenvalue weighted by Gasteiger charge is 2.18. The lowest BCUT2D eigenvalue weighted by Gasteiger charge is -2.27. The lowest BCUT2D eigenvalue weighted by Crippen LogP contribution is -2.37. The topological polar surface area (TPSA) is 128 Å². The molecule has 0 bridgehead atoms. The van der Waals surface area contributed by atoms with Gasteiger partial charge in [-0.3, -0.25) is 4.79 Å². The van der Waals surface area contributed by atoms with Gasteiger partial charge in [-0.05, 0) is 48.0 Å². The van der Waals surface area contributed by atoms with Gasteiger partial charge in [0, 0.05) is 25.2 Å². The first-order valence-electron chi connectivity index (χ1n) is 11.8. The first-order valence-corrected chi connectivity index (χ1v) is 11.8. The molecule has 0 atom stereocenters. The summed E-state index contributed by atoms with van der Waals surface area (Å²) in [6, 6.07) is 12.3. The Balaban J connectivity index is 1.52. The van der Waals surface area contributed by atoms with Crippen LogP contribution in [0.3, 0.4) is 0 Å². The van der Waals surface area contributed by atoms with E-state index in [1.165, 1.54) is 13.2 Å². The Labute approximate surface area is 214 Å². The van der Waals surface area contributed by atoms with E-state index in [0.717, 1.165) is 5.56 Å². The maximum atomic E-state index is 12.5. The Bertz CT molecular complexity index is 1230. The van der Waals surface area contributed by atoms with E-state index in [1.54, 1.807) is 55.7 Å². The first-order chi connectivity index (χ1) is 18.1. The number of ether oxygens (including phenoxy) is 4. The number of ketones is 1. The second kappa shape index (κ2) is 12.7. The number of carbonyl (C=O) groups is 1. The van der Waals surface area contributed by atoms with E-state index in [4.69, 9.17) is 24.1 Å². The molecule has 0 amide bonds. The summed E-state index contributed by atoms with van der Waals surface area (Å²) in [7, 11) is 3.10. The van der Waals surface area contributed by atoms with Crippen LogP contribution < -0.4 is 24.4 Å². The summed E-state index contributed by atoms with van der Waals surface area (Å²) in [5.41, 5.74) is 1.31. The number of carbonyl (C=O) groups excluding carboxylic acids is 1. The molecule has 2 aromatic carbocycles. The van der Waals surface area contributed by atoms with Crippen molar-refractivity contribution in [3.05, 3.63) is 59.7 Å². The molecule has 2 N–H and O–H groups in total. The molecule has 3 aromatic rings. The van der Waals surface area contributed by atoms with Crippen LogP contribution in [0.15, 0.2) is 48.5 Å². The van der Waals surface area contributed by atoms with Gasteiger partial charge < -0.3 is 34.3 Å². The van der Waals surface area contributed by atoms with Crippen LogP contribution in [0.5, 0.6) is 23.3 Å². The van der Waals surface area contributed by atoms with Crippen molar-refractivity contribution in [2.24, 2.45) is 0 Å². The van der Waals surface area contributed by atoms with Gasteiger partial charge in [0.15, 0.2) is 17.3 Å². The van der Waals surface area contributed by atoms with Gasteiger partial charge >= 0.3 is 6.01 Å². The molecule has 0 spiro atoms. The minimum absolute atomic E-state index is 0.0709.